The van der Waals surface area contributed by atoms with Gasteiger partial charge in [0.2, 0.25) is 5.43 Å². The molecule has 2 aromatic rings. The number of aromatic carboxylic acids is 1. The van der Waals surface area contributed by atoms with Crippen molar-refractivity contribution >= 4 is 28.6 Å². The third kappa shape index (κ3) is 1.58. The number of rotatable bonds is 2. The third-order valence-electron chi connectivity index (χ3n) is 3.11. The van der Waals surface area contributed by atoms with Crippen molar-refractivity contribution in [3.05, 3.63) is 39.6 Å². The van der Waals surface area contributed by atoms with Gasteiger partial charge in [0.1, 0.15) is 10.9 Å². The summed E-state index contributed by atoms with van der Waals surface area (Å²) in [5.41, 5.74) is -1.27. The second-order valence-electron chi connectivity index (χ2n) is 4.22. The van der Waals surface area contributed by atoms with Crippen molar-refractivity contribution in [2.75, 3.05) is 6.61 Å². The number of halogens is 2. The Morgan fingerprint density at radius 1 is 1.35 bits per heavy atom. The quantitative estimate of drug-likeness (QED) is 0.880. The van der Waals surface area contributed by atoms with Gasteiger partial charge in [-0.05, 0) is 6.07 Å². The Kier molecular flexibility index (Phi) is 2.80. The number of nitrogens with zero attached hydrogens (tertiary/aromatic N) is 1. The summed E-state index contributed by atoms with van der Waals surface area (Å²) in [5.74, 6) is -3.79. The summed E-state index contributed by atoms with van der Waals surface area (Å²) in [4.78, 5) is 23.2. The first-order valence-electron chi connectivity index (χ1n) is 5.53. The molecule has 0 spiro atoms. The molecule has 2 N–H and O–H groups in total. The van der Waals surface area contributed by atoms with Gasteiger partial charge in [-0.3, -0.25) is 4.79 Å². The Morgan fingerprint density at radius 2 is 2.00 bits per heavy atom. The van der Waals surface area contributed by atoms with E-state index < -0.39 is 34.0 Å². The molecule has 1 aliphatic rings. The van der Waals surface area contributed by atoms with E-state index in [0.717, 1.165) is 17.8 Å². The van der Waals surface area contributed by atoms with E-state index in [2.05, 4.69) is 0 Å². The van der Waals surface area contributed by atoms with Crippen LogP contribution in [0, 0.1) is 11.6 Å². The molecular weight excluding hydrogens is 292 g/mol. The fraction of sp³-hybridized carbons (Fsp3) is 0.167. The number of hydrogen-bond donors (Lipinski definition) is 2. The van der Waals surface area contributed by atoms with Gasteiger partial charge < -0.3 is 14.8 Å². The average Bonchev–Trinajstić information content (AvgIpc) is 2.35. The SMILES string of the molecule is O=C(O)c1c2n(c3cc(F)c(F)cc3c1=O)C(CO)S2. The lowest BCUT2D eigenvalue weighted by Gasteiger charge is -2.33. The van der Waals surface area contributed by atoms with Crippen LogP contribution in [0.2, 0.25) is 0 Å². The van der Waals surface area contributed by atoms with Crippen LogP contribution in [0.4, 0.5) is 8.78 Å². The largest absolute Gasteiger partial charge is 0.477 e. The van der Waals surface area contributed by atoms with Gasteiger partial charge in [0.25, 0.3) is 0 Å². The molecule has 0 bridgehead atoms. The van der Waals surface area contributed by atoms with E-state index in [1.54, 1.807) is 0 Å². The Hall–Kier alpha value is -1.93. The molecule has 1 aromatic carbocycles. The van der Waals surface area contributed by atoms with Crippen LogP contribution in [0.3, 0.4) is 0 Å². The Labute approximate surface area is 114 Å². The minimum atomic E-state index is -1.44. The number of aliphatic hydroxyl groups excluding tert-OH is 1. The molecule has 1 aromatic heterocycles. The molecule has 5 nitrogen and oxygen atoms in total. The van der Waals surface area contributed by atoms with Crippen molar-refractivity contribution in [1.82, 2.24) is 4.57 Å². The van der Waals surface area contributed by atoms with Crippen LogP contribution in [0.25, 0.3) is 10.9 Å². The van der Waals surface area contributed by atoms with E-state index in [0.29, 0.717) is 6.07 Å². The van der Waals surface area contributed by atoms with Crippen LogP contribution in [-0.4, -0.2) is 27.4 Å². The van der Waals surface area contributed by atoms with E-state index >= 15 is 0 Å². The fourth-order valence-corrected chi connectivity index (χ4v) is 3.35. The summed E-state index contributed by atoms with van der Waals surface area (Å²) >= 11 is 1.01. The van der Waals surface area contributed by atoms with Gasteiger partial charge in [-0.15, -0.1) is 0 Å². The van der Waals surface area contributed by atoms with Gasteiger partial charge in [-0.1, -0.05) is 11.8 Å². The van der Waals surface area contributed by atoms with Gasteiger partial charge in [-0.2, -0.15) is 0 Å². The molecule has 0 saturated carbocycles. The topological polar surface area (TPSA) is 79.5 Å². The third-order valence-corrected chi connectivity index (χ3v) is 4.36. The number of hydrogen-bond acceptors (Lipinski definition) is 4. The minimum Gasteiger partial charge on any atom is -0.477 e. The zero-order valence-electron chi connectivity index (χ0n) is 9.76. The van der Waals surface area contributed by atoms with Gasteiger partial charge >= 0.3 is 5.97 Å². The number of aliphatic hydroxyl groups is 1. The lowest BCUT2D eigenvalue weighted by molar-refractivity contribution is 0.0688. The number of aromatic nitrogens is 1. The van der Waals surface area contributed by atoms with Crippen LogP contribution in [0.15, 0.2) is 22.0 Å². The number of carbonyl (C=O) groups is 1. The van der Waals surface area contributed by atoms with Crippen molar-refractivity contribution in [2.24, 2.45) is 0 Å². The summed E-state index contributed by atoms with van der Waals surface area (Å²) < 4.78 is 27.9. The maximum Gasteiger partial charge on any atom is 0.342 e. The van der Waals surface area contributed by atoms with Gasteiger partial charge in [0.15, 0.2) is 11.6 Å². The Morgan fingerprint density at radius 3 is 2.60 bits per heavy atom. The molecule has 1 aliphatic heterocycles. The minimum absolute atomic E-state index is 0.0756. The highest BCUT2D eigenvalue weighted by molar-refractivity contribution is 8.00. The van der Waals surface area contributed by atoms with Crippen molar-refractivity contribution in [2.45, 2.75) is 10.4 Å². The molecule has 2 heterocycles. The van der Waals surface area contributed by atoms with Crippen molar-refractivity contribution in [3.8, 4) is 0 Å². The molecule has 3 rings (SSSR count). The standard InChI is InChI=1S/C12H7F2NO4S/c13-5-1-4-7(2-6(5)14)15-8(3-16)20-11(15)9(10(4)17)12(18)19/h1-2,8,16H,3H2,(H,18,19). The summed E-state index contributed by atoms with van der Waals surface area (Å²) in [6.45, 7) is -0.312. The molecule has 0 radical (unpaired) electrons. The van der Waals surface area contributed by atoms with Crippen LogP contribution < -0.4 is 5.43 Å². The van der Waals surface area contributed by atoms with E-state index in [1.807, 2.05) is 0 Å². The molecular formula is C12H7F2NO4S. The first-order chi connectivity index (χ1) is 9.45. The predicted molar refractivity (Wildman–Crippen MR) is 67.1 cm³/mol. The highest BCUT2D eigenvalue weighted by Gasteiger charge is 2.35. The van der Waals surface area contributed by atoms with Crippen LogP contribution in [-0.2, 0) is 0 Å². The fourth-order valence-electron chi connectivity index (χ4n) is 2.22. The number of fused-ring (bicyclic) bond motifs is 3. The van der Waals surface area contributed by atoms with Gasteiger partial charge in [0, 0.05) is 11.5 Å². The summed E-state index contributed by atoms with van der Waals surface area (Å²) in [7, 11) is 0. The van der Waals surface area contributed by atoms with E-state index in [1.165, 1.54) is 4.57 Å². The van der Waals surface area contributed by atoms with E-state index in [4.69, 9.17) is 5.11 Å². The number of benzene rings is 1. The van der Waals surface area contributed by atoms with E-state index in [9.17, 15) is 23.5 Å². The lowest BCUT2D eigenvalue weighted by Crippen LogP contribution is -2.30. The van der Waals surface area contributed by atoms with Crippen LogP contribution in [0.5, 0.6) is 0 Å². The molecule has 8 heteroatoms. The predicted octanol–water partition coefficient (Wildman–Crippen LogP) is 1.57. The van der Waals surface area contributed by atoms with E-state index in [-0.39, 0.29) is 22.5 Å². The molecule has 1 atom stereocenters. The second-order valence-corrected chi connectivity index (χ2v) is 5.39. The van der Waals surface area contributed by atoms with Crippen molar-refractivity contribution in [1.29, 1.82) is 0 Å². The second kappa shape index (κ2) is 4.29. The zero-order chi connectivity index (χ0) is 14.6. The first kappa shape index (κ1) is 13.1. The summed E-state index contributed by atoms with van der Waals surface area (Å²) in [6.07, 6.45) is 0. The van der Waals surface area contributed by atoms with Gasteiger partial charge in [0.05, 0.1) is 17.1 Å². The Bertz CT molecular complexity index is 817. The number of carboxylic acid groups (broad SMARTS) is 1. The monoisotopic (exact) mass is 299 g/mol. The van der Waals surface area contributed by atoms with Crippen LogP contribution in [0.1, 0.15) is 15.7 Å². The first-order valence-corrected chi connectivity index (χ1v) is 6.41. The molecule has 0 amide bonds. The van der Waals surface area contributed by atoms with Crippen LogP contribution >= 0.6 is 11.8 Å². The van der Waals surface area contributed by atoms with Gasteiger partial charge in [-0.25, -0.2) is 13.6 Å². The molecule has 0 fully saturated rings. The molecule has 0 saturated heterocycles. The zero-order valence-corrected chi connectivity index (χ0v) is 10.6. The Balaban J connectivity index is 2.49. The molecule has 1 unspecified atom stereocenters. The lowest BCUT2D eigenvalue weighted by atomic mass is 10.1. The smallest absolute Gasteiger partial charge is 0.342 e. The summed E-state index contributed by atoms with van der Waals surface area (Å²) in [6, 6.07) is 1.52. The number of pyridine rings is 1. The van der Waals surface area contributed by atoms with Crippen molar-refractivity contribution < 1.29 is 23.8 Å². The number of thioether (sulfide) groups is 1. The maximum atomic E-state index is 13.3. The highest BCUT2D eigenvalue weighted by atomic mass is 32.2. The highest BCUT2D eigenvalue weighted by Crippen LogP contribution is 2.46. The normalized spacial score (nSPS) is 16.9. The molecule has 0 aliphatic carbocycles. The number of carboxylic acids is 1. The average molecular weight is 299 g/mol. The maximum absolute atomic E-state index is 13.3. The molecule has 104 valence electrons. The summed E-state index contributed by atoms with van der Waals surface area (Å²) in [5, 5.41) is 17.7. The molecule has 20 heavy (non-hydrogen) atoms. The van der Waals surface area contributed by atoms with Crippen molar-refractivity contribution in [3.63, 3.8) is 0 Å².